The number of hydrogen-bond acceptors (Lipinski definition) is 3. The molecule has 0 aromatic rings. The zero-order valence-electron chi connectivity index (χ0n) is 6.21. The maximum Gasteiger partial charge on any atom is 0.312 e. The van der Waals surface area contributed by atoms with Crippen molar-refractivity contribution >= 4 is 18.4 Å². The van der Waals surface area contributed by atoms with Crippen LogP contribution in [0.5, 0.6) is 0 Å². The Balaban J connectivity index is 0.000000605. The molecule has 2 aliphatic rings. The van der Waals surface area contributed by atoms with Crippen LogP contribution in [0.1, 0.15) is 19.3 Å². The Bertz CT molecular complexity index is 179. The third-order valence-electron chi connectivity index (χ3n) is 2.44. The second-order valence-corrected chi connectivity index (χ2v) is 3.25. The van der Waals surface area contributed by atoms with E-state index in [9.17, 15) is 4.79 Å². The van der Waals surface area contributed by atoms with Gasteiger partial charge in [0.05, 0.1) is 5.41 Å². The number of carbonyl (C=O) groups is 1. The fourth-order valence-electron chi connectivity index (χ4n) is 1.53. The third-order valence-corrected chi connectivity index (χ3v) is 2.44. The number of halogens is 1. The summed E-state index contributed by atoms with van der Waals surface area (Å²) >= 11 is 0. The molecular weight excluding hydrogens is 166 g/mol. The Morgan fingerprint density at radius 2 is 2.27 bits per heavy atom. The van der Waals surface area contributed by atoms with Crippen LogP contribution in [0, 0.1) is 5.41 Å². The summed E-state index contributed by atoms with van der Waals surface area (Å²) in [6, 6.07) is 0. The molecule has 1 saturated carbocycles. The second-order valence-electron chi connectivity index (χ2n) is 3.25. The largest absolute Gasteiger partial charge is 0.461 e. The van der Waals surface area contributed by atoms with Gasteiger partial charge in [-0.05, 0) is 12.8 Å². The molecule has 1 unspecified atom stereocenters. The van der Waals surface area contributed by atoms with Gasteiger partial charge in [-0.25, -0.2) is 0 Å². The topological polar surface area (TPSA) is 52.3 Å². The average Bonchev–Trinajstić information content (AvgIpc) is 2.60. The van der Waals surface area contributed by atoms with Gasteiger partial charge in [-0.3, -0.25) is 4.79 Å². The first kappa shape index (κ1) is 8.81. The van der Waals surface area contributed by atoms with Gasteiger partial charge in [-0.15, -0.1) is 12.4 Å². The number of ether oxygens (including phenoxy) is 1. The zero-order chi connectivity index (χ0) is 7.19. The van der Waals surface area contributed by atoms with Crippen molar-refractivity contribution in [1.29, 1.82) is 0 Å². The molecule has 0 amide bonds. The molecule has 2 N–H and O–H groups in total. The average molecular weight is 178 g/mol. The van der Waals surface area contributed by atoms with Gasteiger partial charge in [-0.1, -0.05) is 0 Å². The summed E-state index contributed by atoms with van der Waals surface area (Å²) < 4.78 is 5.02. The van der Waals surface area contributed by atoms with Crippen LogP contribution in [0.25, 0.3) is 0 Å². The Kier molecular flexibility index (Phi) is 2.12. The van der Waals surface area contributed by atoms with Crippen LogP contribution < -0.4 is 5.73 Å². The Labute approximate surface area is 71.7 Å². The van der Waals surface area contributed by atoms with E-state index in [0.29, 0.717) is 6.54 Å². The van der Waals surface area contributed by atoms with E-state index in [2.05, 4.69) is 0 Å². The van der Waals surface area contributed by atoms with E-state index in [1.807, 2.05) is 0 Å². The van der Waals surface area contributed by atoms with Gasteiger partial charge in [0.1, 0.15) is 6.10 Å². The number of carbonyl (C=O) groups excluding carboxylic acids is 1. The second kappa shape index (κ2) is 2.64. The lowest BCUT2D eigenvalue weighted by Gasteiger charge is -2.01. The summed E-state index contributed by atoms with van der Waals surface area (Å²) in [6.07, 6.45) is 2.91. The van der Waals surface area contributed by atoms with Crippen molar-refractivity contribution in [3.8, 4) is 0 Å². The van der Waals surface area contributed by atoms with E-state index in [4.69, 9.17) is 10.5 Å². The monoisotopic (exact) mass is 177 g/mol. The molecule has 0 aromatic carbocycles. The molecule has 4 heteroatoms. The molecule has 1 aliphatic carbocycles. The molecule has 2 fully saturated rings. The molecule has 1 atom stereocenters. The molecule has 1 aliphatic heterocycles. The first-order chi connectivity index (χ1) is 4.77. The van der Waals surface area contributed by atoms with E-state index in [0.717, 1.165) is 19.3 Å². The Morgan fingerprint density at radius 3 is 2.55 bits per heavy atom. The van der Waals surface area contributed by atoms with Gasteiger partial charge >= 0.3 is 5.97 Å². The zero-order valence-corrected chi connectivity index (χ0v) is 7.02. The summed E-state index contributed by atoms with van der Waals surface area (Å²) in [7, 11) is 0. The van der Waals surface area contributed by atoms with Gasteiger partial charge in [0.2, 0.25) is 0 Å². The summed E-state index contributed by atoms with van der Waals surface area (Å²) in [5.41, 5.74) is 5.30. The van der Waals surface area contributed by atoms with Crippen LogP contribution in [0.2, 0.25) is 0 Å². The first-order valence-electron chi connectivity index (χ1n) is 3.68. The van der Waals surface area contributed by atoms with Crippen molar-refractivity contribution < 1.29 is 9.53 Å². The van der Waals surface area contributed by atoms with Crippen LogP contribution in [0.15, 0.2) is 0 Å². The highest BCUT2D eigenvalue weighted by Gasteiger charge is 2.57. The van der Waals surface area contributed by atoms with Crippen molar-refractivity contribution in [2.24, 2.45) is 11.1 Å². The van der Waals surface area contributed by atoms with Crippen LogP contribution in [-0.2, 0) is 9.53 Å². The number of nitrogens with two attached hydrogens (primary N) is 1. The van der Waals surface area contributed by atoms with Crippen LogP contribution >= 0.6 is 12.4 Å². The van der Waals surface area contributed by atoms with Crippen LogP contribution in [0.4, 0.5) is 0 Å². The molecule has 1 saturated heterocycles. The fraction of sp³-hybridized carbons (Fsp3) is 0.857. The Morgan fingerprint density at radius 1 is 1.64 bits per heavy atom. The molecule has 1 heterocycles. The predicted molar refractivity (Wildman–Crippen MR) is 42.5 cm³/mol. The molecule has 2 rings (SSSR count). The van der Waals surface area contributed by atoms with Crippen molar-refractivity contribution in [1.82, 2.24) is 0 Å². The molecule has 0 radical (unpaired) electrons. The van der Waals surface area contributed by atoms with Gasteiger partial charge < -0.3 is 10.5 Å². The predicted octanol–water partition coefficient (Wildman–Crippen LogP) is 0.463. The van der Waals surface area contributed by atoms with Crippen LogP contribution in [-0.4, -0.2) is 18.6 Å². The number of hydrogen-bond donors (Lipinski definition) is 1. The fourth-order valence-corrected chi connectivity index (χ4v) is 1.53. The molecule has 0 bridgehead atoms. The number of rotatable bonds is 1. The van der Waals surface area contributed by atoms with Gasteiger partial charge in [0.15, 0.2) is 0 Å². The van der Waals surface area contributed by atoms with E-state index in [1.54, 1.807) is 0 Å². The number of cyclic esters (lactones) is 1. The minimum Gasteiger partial charge on any atom is -0.461 e. The summed E-state index contributed by atoms with van der Waals surface area (Å²) in [4.78, 5) is 11.0. The van der Waals surface area contributed by atoms with Crippen molar-refractivity contribution in [3.05, 3.63) is 0 Å². The molecule has 1 spiro atoms. The molecule has 3 nitrogen and oxygen atoms in total. The third kappa shape index (κ3) is 1.23. The van der Waals surface area contributed by atoms with E-state index >= 15 is 0 Å². The lowest BCUT2D eigenvalue weighted by atomic mass is 10.0. The maximum absolute atomic E-state index is 11.0. The quantitative estimate of drug-likeness (QED) is 0.593. The van der Waals surface area contributed by atoms with Gasteiger partial charge in [0, 0.05) is 13.0 Å². The van der Waals surface area contributed by atoms with Crippen LogP contribution in [0.3, 0.4) is 0 Å². The van der Waals surface area contributed by atoms with E-state index in [-0.39, 0.29) is 29.9 Å². The highest BCUT2D eigenvalue weighted by Crippen LogP contribution is 2.54. The van der Waals surface area contributed by atoms with E-state index in [1.165, 1.54) is 0 Å². The summed E-state index contributed by atoms with van der Waals surface area (Å²) in [5.74, 6) is -0.0112. The van der Waals surface area contributed by atoms with Crippen molar-refractivity contribution in [2.45, 2.75) is 25.4 Å². The lowest BCUT2D eigenvalue weighted by Crippen LogP contribution is -2.19. The first-order valence-corrected chi connectivity index (χ1v) is 3.68. The number of esters is 1. The standard InChI is InChI=1S/C7H11NO2.ClH/c8-4-5-3-7(1-2-7)6(9)10-5;/h5H,1-4,8H2;1H. The van der Waals surface area contributed by atoms with E-state index < -0.39 is 0 Å². The highest BCUT2D eigenvalue weighted by molar-refractivity contribution is 5.85. The summed E-state index contributed by atoms with van der Waals surface area (Å²) in [5, 5.41) is 0. The summed E-state index contributed by atoms with van der Waals surface area (Å²) in [6.45, 7) is 0.480. The molecule has 64 valence electrons. The SMILES string of the molecule is Cl.NCC1CC2(CC2)C(=O)O1. The maximum atomic E-state index is 11.0. The van der Waals surface area contributed by atoms with Crippen molar-refractivity contribution in [3.63, 3.8) is 0 Å². The normalized spacial score (nSPS) is 31.4. The lowest BCUT2D eigenvalue weighted by molar-refractivity contribution is -0.145. The smallest absolute Gasteiger partial charge is 0.312 e. The van der Waals surface area contributed by atoms with Gasteiger partial charge in [0.25, 0.3) is 0 Å². The minimum atomic E-state index is -0.0654. The Hall–Kier alpha value is -0.280. The highest BCUT2D eigenvalue weighted by atomic mass is 35.5. The minimum absolute atomic E-state index is 0. The molecule has 11 heavy (non-hydrogen) atoms. The van der Waals surface area contributed by atoms with Gasteiger partial charge in [-0.2, -0.15) is 0 Å². The molecule has 0 aromatic heterocycles. The molecular formula is C7H12ClNO2. The van der Waals surface area contributed by atoms with Crippen molar-refractivity contribution in [2.75, 3.05) is 6.54 Å².